The normalized spacial score (nSPS) is 9.44. The van der Waals surface area contributed by atoms with Crippen LogP contribution in [0.5, 0.6) is 0 Å². The molecule has 0 unspecified atom stereocenters. The summed E-state index contributed by atoms with van der Waals surface area (Å²) in [6, 6.07) is 7.76. The summed E-state index contributed by atoms with van der Waals surface area (Å²) >= 11 is -0.746. The number of benzene rings is 1. The molecule has 0 fully saturated rings. The van der Waals surface area contributed by atoms with Gasteiger partial charge in [0.1, 0.15) is 0 Å². The summed E-state index contributed by atoms with van der Waals surface area (Å²) in [5.41, 5.74) is 6.27. The number of anilines is 1. The molecule has 0 amide bonds. The summed E-state index contributed by atoms with van der Waals surface area (Å²) in [7, 11) is 5.71. The van der Waals surface area contributed by atoms with Crippen molar-refractivity contribution in [1.29, 1.82) is 0 Å². The van der Waals surface area contributed by atoms with E-state index < -0.39 is 20.5 Å². The van der Waals surface area contributed by atoms with Crippen molar-refractivity contribution >= 4 is 38.5 Å². The molecule has 0 saturated heterocycles. The molecule has 0 atom stereocenters. The average Bonchev–Trinajstić information content (AvgIpc) is 1.90. The SMILES string of the molecule is Nc1cc[c]([SbH][Cl])cc1. The summed E-state index contributed by atoms with van der Waals surface area (Å²) in [6.07, 6.45) is 0. The first-order chi connectivity index (χ1) is 4.33. The quantitative estimate of drug-likeness (QED) is 0.569. The van der Waals surface area contributed by atoms with Crippen LogP contribution in [0.25, 0.3) is 0 Å². The molecule has 2 N–H and O–H groups in total. The Kier molecular flexibility index (Phi) is 2.68. The Balaban J connectivity index is 2.88. The van der Waals surface area contributed by atoms with Gasteiger partial charge in [-0.25, -0.2) is 0 Å². The maximum atomic E-state index is 5.71. The third-order valence-electron chi connectivity index (χ3n) is 1.02. The van der Waals surface area contributed by atoms with Crippen LogP contribution < -0.4 is 9.24 Å². The molecule has 0 heterocycles. The van der Waals surface area contributed by atoms with Crippen molar-refractivity contribution in [2.24, 2.45) is 0 Å². The van der Waals surface area contributed by atoms with E-state index in [0.717, 1.165) is 5.69 Å². The Bertz CT molecular complexity index is 185. The zero-order chi connectivity index (χ0) is 6.69. The predicted molar refractivity (Wildman–Crippen MR) is 43.5 cm³/mol. The van der Waals surface area contributed by atoms with Gasteiger partial charge in [0.2, 0.25) is 0 Å². The van der Waals surface area contributed by atoms with Crippen molar-refractivity contribution in [2.45, 2.75) is 0 Å². The van der Waals surface area contributed by atoms with Gasteiger partial charge in [-0.3, -0.25) is 0 Å². The van der Waals surface area contributed by atoms with Crippen LogP contribution in [-0.2, 0) is 0 Å². The van der Waals surface area contributed by atoms with E-state index in [2.05, 4.69) is 0 Å². The molecule has 48 valence electrons. The van der Waals surface area contributed by atoms with Crippen LogP contribution in [0.1, 0.15) is 0 Å². The molecule has 0 aliphatic heterocycles. The molecule has 0 saturated carbocycles. The van der Waals surface area contributed by atoms with E-state index >= 15 is 0 Å². The van der Waals surface area contributed by atoms with E-state index in [0.29, 0.717) is 0 Å². The fraction of sp³-hybridized carbons (Fsp3) is 0. The Labute approximate surface area is 68.4 Å². The van der Waals surface area contributed by atoms with Crippen molar-refractivity contribution in [2.75, 3.05) is 5.73 Å². The van der Waals surface area contributed by atoms with E-state index in [4.69, 9.17) is 14.6 Å². The molecular formula is C6H7ClNSb. The van der Waals surface area contributed by atoms with Gasteiger partial charge in [0.05, 0.1) is 0 Å². The van der Waals surface area contributed by atoms with Gasteiger partial charge >= 0.3 is 68.5 Å². The molecule has 0 aliphatic carbocycles. The van der Waals surface area contributed by atoms with Gasteiger partial charge in [-0.05, 0) is 0 Å². The van der Waals surface area contributed by atoms with Gasteiger partial charge in [0.15, 0.2) is 0 Å². The molecule has 1 nitrogen and oxygen atoms in total. The topological polar surface area (TPSA) is 26.0 Å². The van der Waals surface area contributed by atoms with Crippen molar-refractivity contribution < 1.29 is 0 Å². The van der Waals surface area contributed by atoms with Crippen molar-refractivity contribution in [3.05, 3.63) is 24.3 Å². The molecule has 1 aromatic carbocycles. The molecule has 0 aromatic heterocycles. The summed E-state index contributed by atoms with van der Waals surface area (Å²) < 4.78 is 1.27. The van der Waals surface area contributed by atoms with Crippen molar-refractivity contribution in [1.82, 2.24) is 0 Å². The van der Waals surface area contributed by atoms with E-state index in [-0.39, 0.29) is 0 Å². The van der Waals surface area contributed by atoms with Gasteiger partial charge in [-0.1, -0.05) is 0 Å². The van der Waals surface area contributed by atoms with Crippen LogP contribution in [0.3, 0.4) is 0 Å². The summed E-state index contributed by atoms with van der Waals surface area (Å²) in [5, 5.41) is 0. The molecule has 0 radical (unpaired) electrons. The first-order valence-corrected chi connectivity index (χ1v) is 7.59. The van der Waals surface area contributed by atoms with E-state index in [9.17, 15) is 0 Å². The van der Waals surface area contributed by atoms with Crippen LogP contribution in [0, 0.1) is 0 Å². The molecular weight excluding hydrogens is 243 g/mol. The number of hydrogen-bond acceptors (Lipinski definition) is 1. The van der Waals surface area contributed by atoms with Crippen molar-refractivity contribution in [3.63, 3.8) is 0 Å². The zero-order valence-corrected chi connectivity index (χ0v) is 8.37. The molecule has 0 aliphatic rings. The summed E-state index contributed by atoms with van der Waals surface area (Å²) in [4.78, 5) is 0. The van der Waals surface area contributed by atoms with Gasteiger partial charge < -0.3 is 0 Å². The fourth-order valence-corrected chi connectivity index (χ4v) is 2.23. The summed E-state index contributed by atoms with van der Waals surface area (Å²) in [6.45, 7) is 0. The third kappa shape index (κ3) is 2.08. The van der Waals surface area contributed by atoms with E-state index in [1.807, 2.05) is 24.3 Å². The number of hydrogen-bond donors (Lipinski definition) is 1. The standard InChI is InChI=1S/C6H6N.ClH.Sb.H/c7-6-4-2-1-3-5-6;;;/h2-5H,7H2;1H;;/q;;+1;/p-1. The van der Waals surface area contributed by atoms with Gasteiger partial charge in [-0.2, -0.15) is 0 Å². The van der Waals surface area contributed by atoms with Crippen LogP contribution in [0.4, 0.5) is 5.69 Å². The Hall–Kier alpha value is 0.128. The second kappa shape index (κ2) is 3.34. The molecule has 3 heteroatoms. The van der Waals surface area contributed by atoms with Crippen LogP contribution in [0.2, 0.25) is 0 Å². The number of rotatable bonds is 1. The Morgan fingerprint density at radius 1 is 1.22 bits per heavy atom. The molecule has 0 spiro atoms. The van der Waals surface area contributed by atoms with Crippen LogP contribution in [-0.4, -0.2) is 20.5 Å². The number of halogens is 1. The second-order valence-electron chi connectivity index (χ2n) is 1.72. The fourth-order valence-electron chi connectivity index (χ4n) is 0.546. The first kappa shape index (κ1) is 7.24. The molecule has 0 bridgehead atoms. The number of nitrogens with two attached hydrogens (primary N) is 1. The summed E-state index contributed by atoms with van der Waals surface area (Å²) in [5.74, 6) is 0. The monoisotopic (exact) mass is 249 g/mol. The third-order valence-corrected chi connectivity index (χ3v) is 4.06. The first-order valence-electron chi connectivity index (χ1n) is 2.55. The van der Waals surface area contributed by atoms with Gasteiger partial charge in [0, 0.05) is 0 Å². The minimum absolute atomic E-state index is 0.746. The number of nitrogen functional groups attached to an aromatic ring is 1. The molecule has 9 heavy (non-hydrogen) atoms. The minimum atomic E-state index is -0.746. The zero-order valence-electron chi connectivity index (χ0n) is 4.76. The van der Waals surface area contributed by atoms with Gasteiger partial charge in [-0.15, -0.1) is 0 Å². The second-order valence-corrected chi connectivity index (χ2v) is 5.17. The van der Waals surface area contributed by atoms with Crippen LogP contribution >= 0.6 is 8.83 Å². The van der Waals surface area contributed by atoms with Crippen molar-refractivity contribution in [3.8, 4) is 0 Å². The Morgan fingerprint density at radius 3 is 2.22 bits per heavy atom. The predicted octanol–water partition coefficient (Wildman–Crippen LogP) is 0.484. The Morgan fingerprint density at radius 2 is 1.78 bits per heavy atom. The van der Waals surface area contributed by atoms with Crippen LogP contribution in [0.15, 0.2) is 24.3 Å². The maximum absolute atomic E-state index is 5.71. The van der Waals surface area contributed by atoms with E-state index in [1.165, 1.54) is 3.51 Å². The molecule has 1 aromatic rings. The van der Waals surface area contributed by atoms with E-state index in [1.54, 1.807) is 0 Å². The molecule has 1 rings (SSSR count). The average molecular weight is 250 g/mol. The van der Waals surface area contributed by atoms with Gasteiger partial charge in [0.25, 0.3) is 0 Å².